The molecular weight excluding hydrogens is 258 g/mol. The van der Waals surface area contributed by atoms with Crippen LogP contribution in [-0.2, 0) is 6.54 Å². The molecule has 3 rings (SSSR count). The topological polar surface area (TPSA) is 52.1 Å². The zero-order valence-electron chi connectivity index (χ0n) is 10.9. The Morgan fingerprint density at radius 1 is 1.53 bits per heavy atom. The van der Waals surface area contributed by atoms with Crippen molar-refractivity contribution < 1.29 is 5.11 Å². The molecule has 4 nitrogen and oxygen atoms in total. The predicted octanol–water partition coefficient (Wildman–Crippen LogP) is 2.34. The fourth-order valence-electron chi connectivity index (χ4n) is 2.75. The number of hydrogen-bond acceptors (Lipinski definition) is 4. The minimum atomic E-state index is 0.305. The maximum absolute atomic E-state index is 9.30. The summed E-state index contributed by atoms with van der Waals surface area (Å²) in [4.78, 5) is 3.66. The van der Waals surface area contributed by atoms with Gasteiger partial charge in [-0.15, -0.1) is 11.3 Å². The lowest BCUT2D eigenvalue weighted by Crippen LogP contribution is -2.36. The summed E-state index contributed by atoms with van der Waals surface area (Å²) in [5.74, 6) is 0.436. The van der Waals surface area contributed by atoms with Gasteiger partial charge in [0.2, 0.25) is 0 Å². The highest BCUT2D eigenvalue weighted by Gasteiger charge is 2.20. The van der Waals surface area contributed by atoms with Crippen LogP contribution in [0.5, 0.6) is 0 Å². The van der Waals surface area contributed by atoms with Gasteiger partial charge in [0.25, 0.3) is 0 Å². The van der Waals surface area contributed by atoms with E-state index in [1.54, 1.807) is 11.3 Å². The molecule has 0 spiro atoms. The van der Waals surface area contributed by atoms with Crippen LogP contribution in [0.15, 0.2) is 23.7 Å². The number of aromatic nitrogens is 2. The van der Waals surface area contributed by atoms with Crippen LogP contribution in [-0.4, -0.2) is 39.9 Å². The third kappa shape index (κ3) is 2.88. The largest absolute Gasteiger partial charge is 0.396 e. The van der Waals surface area contributed by atoms with Gasteiger partial charge in [-0.25, -0.2) is 0 Å². The second-order valence-corrected chi connectivity index (χ2v) is 6.12. The van der Waals surface area contributed by atoms with E-state index in [-0.39, 0.29) is 0 Å². The number of nitrogens with one attached hydrogen (secondary N) is 1. The number of thiophene rings is 1. The van der Waals surface area contributed by atoms with E-state index in [2.05, 4.69) is 32.6 Å². The molecule has 5 heteroatoms. The fraction of sp³-hybridized carbons (Fsp3) is 0.500. The van der Waals surface area contributed by atoms with Crippen molar-refractivity contribution in [1.29, 1.82) is 0 Å². The van der Waals surface area contributed by atoms with E-state index in [1.165, 1.54) is 16.9 Å². The quantitative estimate of drug-likeness (QED) is 0.902. The van der Waals surface area contributed by atoms with Gasteiger partial charge < -0.3 is 5.11 Å². The second kappa shape index (κ2) is 5.86. The Bertz CT molecular complexity index is 509. The number of aromatic amines is 1. The molecule has 102 valence electrons. The minimum Gasteiger partial charge on any atom is -0.396 e. The molecule has 0 aliphatic carbocycles. The van der Waals surface area contributed by atoms with Gasteiger partial charge in [-0.2, -0.15) is 5.10 Å². The highest BCUT2D eigenvalue weighted by Crippen LogP contribution is 2.27. The van der Waals surface area contributed by atoms with Crippen molar-refractivity contribution in [3.8, 4) is 10.6 Å². The number of likely N-dealkylation sites (tertiary alicyclic amines) is 1. The van der Waals surface area contributed by atoms with Crippen molar-refractivity contribution in [3.63, 3.8) is 0 Å². The van der Waals surface area contributed by atoms with Gasteiger partial charge in [-0.3, -0.25) is 10.00 Å². The van der Waals surface area contributed by atoms with Crippen LogP contribution in [0.4, 0.5) is 0 Å². The molecule has 1 atom stereocenters. The number of aliphatic hydroxyl groups excluding tert-OH is 1. The van der Waals surface area contributed by atoms with E-state index in [1.807, 2.05) is 6.20 Å². The summed E-state index contributed by atoms with van der Waals surface area (Å²) < 4.78 is 0. The standard InChI is InChI=1S/C14H19N3OS/c18-10-11-3-1-5-17(8-11)9-12-7-15-16-14(12)13-4-2-6-19-13/h2,4,6-7,11,18H,1,3,5,8-10H2,(H,15,16)/t11-/m1/s1. The van der Waals surface area contributed by atoms with E-state index in [0.717, 1.165) is 31.7 Å². The van der Waals surface area contributed by atoms with E-state index in [9.17, 15) is 5.11 Å². The molecule has 2 N–H and O–H groups in total. The molecule has 2 aromatic heterocycles. The number of H-pyrrole nitrogens is 1. The predicted molar refractivity (Wildman–Crippen MR) is 77.0 cm³/mol. The number of piperidine rings is 1. The molecule has 19 heavy (non-hydrogen) atoms. The smallest absolute Gasteiger partial charge is 0.0794 e. The Labute approximate surface area is 117 Å². The van der Waals surface area contributed by atoms with E-state index in [4.69, 9.17) is 0 Å². The molecular formula is C14H19N3OS. The van der Waals surface area contributed by atoms with Crippen LogP contribution in [0.25, 0.3) is 10.6 Å². The van der Waals surface area contributed by atoms with Gasteiger partial charge in [0.15, 0.2) is 0 Å². The molecule has 1 saturated heterocycles. The first kappa shape index (κ1) is 12.8. The lowest BCUT2D eigenvalue weighted by atomic mass is 9.98. The number of rotatable bonds is 4. The SMILES string of the molecule is OC[C@@H]1CCCN(Cc2cn[nH]c2-c2cccs2)C1. The Hall–Kier alpha value is -1.17. The highest BCUT2D eigenvalue weighted by atomic mass is 32.1. The van der Waals surface area contributed by atoms with Crippen molar-refractivity contribution in [2.45, 2.75) is 19.4 Å². The van der Waals surface area contributed by atoms with Gasteiger partial charge >= 0.3 is 0 Å². The van der Waals surface area contributed by atoms with Crippen molar-refractivity contribution >= 4 is 11.3 Å². The van der Waals surface area contributed by atoms with Crippen molar-refractivity contribution in [3.05, 3.63) is 29.3 Å². The van der Waals surface area contributed by atoms with E-state index in [0.29, 0.717) is 12.5 Å². The minimum absolute atomic E-state index is 0.305. The van der Waals surface area contributed by atoms with Crippen LogP contribution in [0.2, 0.25) is 0 Å². The van der Waals surface area contributed by atoms with Crippen molar-refractivity contribution in [2.75, 3.05) is 19.7 Å². The number of nitrogens with zero attached hydrogens (tertiary/aromatic N) is 2. The molecule has 2 aromatic rings. The van der Waals surface area contributed by atoms with Crippen LogP contribution in [0.3, 0.4) is 0 Å². The second-order valence-electron chi connectivity index (χ2n) is 5.17. The summed E-state index contributed by atoms with van der Waals surface area (Å²) in [6.07, 6.45) is 4.26. The zero-order chi connectivity index (χ0) is 13.1. The lowest BCUT2D eigenvalue weighted by Gasteiger charge is -2.31. The van der Waals surface area contributed by atoms with E-state index < -0.39 is 0 Å². The van der Waals surface area contributed by atoms with Gasteiger partial charge in [0.05, 0.1) is 16.8 Å². The summed E-state index contributed by atoms with van der Waals surface area (Å²) in [5, 5.41) is 18.7. The third-order valence-electron chi connectivity index (χ3n) is 3.74. The van der Waals surface area contributed by atoms with Crippen molar-refractivity contribution in [1.82, 2.24) is 15.1 Å². The lowest BCUT2D eigenvalue weighted by molar-refractivity contribution is 0.116. The third-order valence-corrected chi connectivity index (χ3v) is 4.63. The zero-order valence-corrected chi connectivity index (χ0v) is 11.7. The van der Waals surface area contributed by atoms with Crippen LogP contribution in [0.1, 0.15) is 18.4 Å². The maximum Gasteiger partial charge on any atom is 0.0794 e. The summed E-state index contributed by atoms with van der Waals surface area (Å²) in [6, 6.07) is 4.18. The molecule has 1 aliphatic rings. The van der Waals surface area contributed by atoms with E-state index >= 15 is 0 Å². The monoisotopic (exact) mass is 277 g/mol. The maximum atomic E-state index is 9.30. The Kier molecular flexibility index (Phi) is 3.96. The van der Waals surface area contributed by atoms with Crippen LogP contribution in [0, 0.1) is 5.92 Å². The van der Waals surface area contributed by atoms with Crippen LogP contribution < -0.4 is 0 Å². The molecule has 1 aliphatic heterocycles. The first-order valence-corrected chi connectivity index (χ1v) is 7.64. The normalized spacial score (nSPS) is 20.8. The Balaban J connectivity index is 1.72. The molecule has 0 bridgehead atoms. The Morgan fingerprint density at radius 2 is 2.47 bits per heavy atom. The fourth-order valence-corrected chi connectivity index (χ4v) is 3.51. The summed E-state index contributed by atoms with van der Waals surface area (Å²) in [5.41, 5.74) is 2.39. The molecule has 0 radical (unpaired) electrons. The summed E-state index contributed by atoms with van der Waals surface area (Å²) in [7, 11) is 0. The molecule has 0 saturated carbocycles. The average Bonchev–Trinajstić information content (AvgIpc) is 3.09. The average molecular weight is 277 g/mol. The first-order chi connectivity index (χ1) is 9.36. The van der Waals surface area contributed by atoms with Gasteiger partial charge in [0, 0.05) is 25.3 Å². The molecule has 1 fully saturated rings. The summed E-state index contributed by atoms with van der Waals surface area (Å²) in [6.45, 7) is 3.33. The molecule has 0 amide bonds. The van der Waals surface area contributed by atoms with Crippen molar-refractivity contribution in [2.24, 2.45) is 5.92 Å². The van der Waals surface area contributed by atoms with Crippen LogP contribution >= 0.6 is 11.3 Å². The van der Waals surface area contributed by atoms with Gasteiger partial charge in [-0.1, -0.05) is 6.07 Å². The number of hydrogen-bond donors (Lipinski definition) is 2. The molecule has 3 heterocycles. The molecule has 0 aromatic carbocycles. The number of aliphatic hydroxyl groups is 1. The summed E-state index contributed by atoms with van der Waals surface area (Å²) >= 11 is 1.73. The first-order valence-electron chi connectivity index (χ1n) is 6.76. The highest BCUT2D eigenvalue weighted by molar-refractivity contribution is 7.13. The molecule has 0 unspecified atom stereocenters. The van der Waals surface area contributed by atoms with Gasteiger partial charge in [0.1, 0.15) is 0 Å². The Morgan fingerprint density at radius 3 is 3.26 bits per heavy atom. The van der Waals surface area contributed by atoms with Gasteiger partial charge in [-0.05, 0) is 36.8 Å².